The Kier molecular flexibility index (Phi) is 8.62. The first-order valence-electron chi connectivity index (χ1n) is 9.43. The molecule has 2 rings (SSSR count). The van der Waals surface area contributed by atoms with E-state index in [-0.39, 0.29) is 0 Å². The van der Waals surface area contributed by atoms with Crippen molar-refractivity contribution in [3.63, 3.8) is 0 Å². The first kappa shape index (κ1) is 20.1. The van der Waals surface area contributed by atoms with Gasteiger partial charge in [0.2, 0.25) is 0 Å². The third-order valence-corrected chi connectivity index (χ3v) is 5.78. The van der Waals surface area contributed by atoms with Gasteiger partial charge in [0.05, 0.1) is 0 Å². The molecule has 1 aromatic carbocycles. The zero-order valence-corrected chi connectivity index (χ0v) is 17.0. The van der Waals surface area contributed by atoms with Gasteiger partial charge in [0.1, 0.15) is 0 Å². The second-order valence-corrected chi connectivity index (χ2v) is 8.19. The Morgan fingerprint density at radius 2 is 1.92 bits per heavy atom. The fourth-order valence-electron chi connectivity index (χ4n) is 3.06. The summed E-state index contributed by atoms with van der Waals surface area (Å²) in [6.07, 6.45) is 2.39. The molecule has 2 N–H and O–H groups in total. The molecule has 0 bridgehead atoms. The molecule has 1 fully saturated rings. The van der Waals surface area contributed by atoms with Gasteiger partial charge < -0.3 is 15.5 Å². The number of hydrogen-bond acceptors (Lipinski definition) is 3. The molecule has 140 valence electrons. The topological polar surface area (TPSA) is 39.7 Å². The van der Waals surface area contributed by atoms with E-state index in [9.17, 15) is 0 Å². The molecule has 1 saturated heterocycles. The maximum absolute atomic E-state index is 4.37. The number of rotatable bonds is 7. The summed E-state index contributed by atoms with van der Waals surface area (Å²) in [7, 11) is 1.86. The Labute approximate surface area is 157 Å². The lowest BCUT2D eigenvalue weighted by molar-refractivity contribution is 0.167. The largest absolute Gasteiger partial charge is 0.356 e. The van der Waals surface area contributed by atoms with Crippen molar-refractivity contribution >= 4 is 17.7 Å². The number of likely N-dealkylation sites (tertiary alicyclic amines) is 1. The van der Waals surface area contributed by atoms with Gasteiger partial charge in [-0.05, 0) is 39.2 Å². The summed E-state index contributed by atoms with van der Waals surface area (Å²) >= 11 is 1.96. The minimum atomic E-state index is 0.543. The van der Waals surface area contributed by atoms with Gasteiger partial charge in [0.25, 0.3) is 0 Å². The normalized spacial score (nSPS) is 17.1. The molecule has 0 amide bonds. The van der Waals surface area contributed by atoms with Crippen LogP contribution in [0.25, 0.3) is 0 Å². The second kappa shape index (κ2) is 10.7. The van der Waals surface area contributed by atoms with Crippen molar-refractivity contribution in [3.05, 3.63) is 35.4 Å². The van der Waals surface area contributed by atoms with Gasteiger partial charge in [-0.2, -0.15) is 11.8 Å². The van der Waals surface area contributed by atoms with Crippen molar-refractivity contribution in [2.24, 2.45) is 4.99 Å². The summed E-state index contributed by atoms with van der Waals surface area (Å²) < 4.78 is 0. The highest BCUT2D eigenvalue weighted by Gasteiger charge is 2.21. The van der Waals surface area contributed by atoms with Crippen molar-refractivity contribution in [2.75, 3.05) is 32.4 Å². The van der Waals surface area contributed by atoms with Crippen LogP contribution >= 0.6 is 11.8 Å². The average Bonchev–Trinajstić information content (AvgIpc) is 2.62. The summed E-state index contributed by atoms with van der Waals surface area (Å²) in [4.78, 5) is 6.93. The van der Waals surface area contributed by atoms with E-state index in [0.717, 1.165) is 24.0 Å². The van der Waals surface area contributed by atoms with E-state index >= 15 is 0 Å². The van der Waals surface area contributed by atoms with Crippen LogP contribution in [-0.2, 0) is 5.75 Å². The van der Waals surface area contributed by atoms with Gasteiger partial charge in [-0.25, -0.2) is 0 Å². The summed E-state index contributed by atoms with van der Waals surface area (Å²) in [6.45, 7) is 10.00. The molecule has 0 aliphatic carbocycles. The van der Waals surface area contributed by atoms with Crippen LogP contribution < -0.4 is 10.6 Å². The highest BCUT2D eigenvalue weighted by atomic mass is 32.2. The lowest BCUT2D eigenvalue weighted by Crippen LogP contribution is -2.50. The fraction of sp³-hybridized carbons (Fsp3) is 0.650. The van der Waals surface area contributed by atoms with E-state index in [1.165, 1.54) is 37.1 Å². The number of benzene rings is 1. The van der Waals surface area contributed by atoms with Crippen molar-refractivity contribution in [3.8, 4) is 0 Å². The standard InChI is InChI=1S/C20H34N4S/c1-16(2)24-12-9-19(10-13-24)23-20(21-4)22-11-14-25-15-18-7-5-17(3)6-8-18/h5-8,16,19H,9-15H2,1-4H3,(H2,21,22,23). The fourth-order valence-corrected chi connectivity index (χ4v) is 3.88. The molecule has 0 spiro atoms. The molecular formula is C20H34N4S. The van der Waals surface area contributed by atoms with Gasteiger partial charge in [-0.3, -0.25) is 4.99 Å². The average molecular weight is 363 g/mol. The quantitative estimate of drug-likeness (QED) is 0.444. The summed E-state index contributed by atoms with van der Waals surface area (Å²) in [5.41, 5.74) is 2.72. The SMILES string of the molecule is CN=C(NCCSCc1ccc(C)cc1)NC1CCN(C(C)C)CC1. The summed E-state index contributed by atoms with van der Waals surface area (Å²) in [5.74, 6) is 3.10. The number of hydrogen-bond donors (Lipinski definition) is 2. The summed E-state index contributed by atoms with van der Waals surface area (Å²) in [6, 6.07) is 10.0. The zero-order chi connectivity index (χ0) is 18.1. The van der Waals surface area contributed by atoms with Crippen molar-refractivity contribution < 1.29 is 0 Å². The van der Waals surface area contributed by atoms with Crippen LogP contribution in [0.1, 0.15) is 37.8 Å². The van der Waals surface area contributed by atoms with E-state index in [4.69, 9.17) is 0 Å². The highest BCUT2D eigenvalue weighted by Crippen LogP contribution is 2.13. The Bertz CT molecular complexity index is 519. The number of aryl methyl sites for hydroxylation is 1. The van der Waals surface area contributed by atoms with Crippen molar-refractivity contribution in [1.82, 2.24) is 15.5 Å². The van der Waals surface area contributed by atoms with Crippen LogP contribution in [0.4, 0.5) is 0 Å². The van der Waals surface area contributed by atoms with Gasteiger partial charge in [0, 0.05) is 50.3 Å². The van der Waals surface area contributed by atoms with Crippen LogP contribution in [0, 0.1) is 6.92 Å². The minimum Gasteiger partial charge on any atom is -0.356 e. The zero-order valence-electron chi connectivity index (χ0n) is 16.2. The molecule has 0 unspecified atom stereocenters. The number of nitrogens with one attached hydrogen (secondary N) is 2. The first-order valence-corrected chi connectivity index (χ1v) is 10.6. The van der Waals surface area contributed by atoms with Crippen LogP contribution in [-0.4, -0.2) is 55.4 Å². The highest BCUT2D eigenvalue weighted by molar-refractivity contribution is 7.98. The van der Waals surface area contributed by atoms with Gasteiger partial charge in [0.15, 0.2) is 5.96 Å². The van der Waals surface area contributed by atoms with Crippen molar-refractivity contribution in [1.29, 1.82) is 0 Å². The van der Waals surface area contributed by atoms with Crippen LogP contribution in [0.15, 0.2) is 29.3 Å². The molecule has 1 aliphatic rings. The molecule has 5 heteroatoms. The lowest BCUT2D eigenvalue weighted by atomic mass is 10.0. The molecule has 1 aliphatic heterocycles. The first-order chi connectivity index (χ1) is 12.1. The van der Waals surface area contributed by atoms with E-state index in [0.29, 0.717) is 12.1 Å². The van der Waals surface area contributed by atoms with Gasteiger partial charge >= 0.3 is 0 Å². The molecule has 0 radical (unpaired) electrons. The molecule has 0 atom stereocenters. The smallest absolute Gasteiger partial charge is 0.191 e. The predicted octanol–water partition coefficient (Wildman–Crippen LogP) is 3.27. The summed E-state index contributed by atoms with van der Waals surface area (Å²) in [5, 5.41) is 7.03. The molecule has 0 saturated carbocycles. The van der Waals surface area contributed by atoms with Gasteiger partial charge in [-0.15, -0.1) is 0 Å². The number of nitrogens with zero attached hydrogens (tertiary/aromatic N) is 2. The third-order valence-electron chi connectivity index (χ3n) is 4.75. The molecule has 1 heterocycles. The van der Waals surface area contributed by atoms with E-state index in [1.54, 1.807) is 0 Å². The Hall–Kier alpha value is -1.20. The monoisotopic (exact) mass is 362 g/mol. The maximum Gasteiger partial charge on any atom is 0.191 e. The van der Waals surface area contributed by atoms with Gasteiger partial charge in [-0.1, -0.05) is 29.8 Å². The second-order valence-electron chi connectivity index (χ2n) is 7.09. The number of thioether (sulfide) groups is 1. The lowest BCUT2D eigenvalue weighted by Gasteiger charge is -2.35. The Balaban J connectivity index is 1.60. The van der Waals surface area contributed by atoms with E-state index in [2.05, 4.69) is 65.6 Å². The van der Waals surface area contributed by atoms with Crippen molar-refractivity contribution in [2.45, 2.75) is 51.4 Å². The number of guanidine groups is 1. The van der Waals surface area contributed by atoms with E-state index < -0.39 is 0 Å². The molecule has 4 nitrogen and oxygen atoms in total. The predicted molar refractivity (Wildman–Crippen MR) is 112 cm³/mol. The molecule has 25 heavy (non-hydrogen) atoms. The van der Waals surface area contributed by atoms with Crippen LogP contribution in [0.2, 0.25) is 0 Å². The maximum atomic E-state index is 4.37. The third kappa shape index (κ3) is 7.28. The Morgan fingerprint density at radius 1 is 1.24 bits per heavy atom. The van der Waals surface area contributed by atoms with Crippen LogP contribution in [0.3, 0.4) is 0 Å². The minimum absolute atomic E-state index is 0.543. The molecule has 1 aromatic rings. The Morgan fingerprint density at radius 3 is 2.52 bits per heavy atom. The van der Waals surface area contributed by atoms with Crippen LogP contribution in [0.5, 0.6) is 0 Å². The number of piperidine rings is 1. The number of aliphatic imine (C=N–C) groups is 1. The van der Waals surface area contributed by atoms with E-state index in [1.807, 2.05) is 18.8 Å². The molecule has 0 aromatic heterocycles. The molecular weight excluding hydrogens is 328 g/mol.